The molecule has 2 aromatic rings. The van der Waals surface area contributed by atoms with Crippen LogP contribution in [0.2, 0.25) is 0 Å². The number of aliphatic hydroxyl groups is 1. The van der Waals surface area contributed by atoms with Crippen LogP contribution in [-0.2, 0) is 13.7 Å². The normalized spacial score (nSPS) is 10.4. The largest absolute Gasteiger partial charge is 0.392 e. The average Bonchev–Trinajstić information content (AvgIpc) is 2.61. The van der Waals surface area contributed by atoms with E-state index in [9.17, 15) is 0 Å². The van der Waals surface area contributed by atoms with Gasteiger partial charge in [0, 0.05) is 36.8 Å². The second-order valence-corrected chi connectivity index (χ2v) is 3.08. The molecule has 0 amide bonds. The van der Waals surface area contributed by atoms with Crippen molar-refractivity contribution in [3.63, 3.8) is 0 Å². The van der Waals surface area contributed by atoms with Crippen LogP contribution in [0.3, 0.4) is 0 Å². The first kappa shape index (κ1) is 8.90. The Kier molecular flexibility index (Phi) is 2.28. The van der Waals surface area contributed by atoms with Gasteiger partial charge in [-0.25, -0.2) is 0 Å². The Morgan fingerprint density at radius 1 is 1.50 bits per heavy atom. The molecular weight excluding hydrogens is 178 g/mol. The summed E-state index contributed by atoms with van der Waals surface area (Å²) in [7, 11) is 1.83. The monoisotopic (exact) mass is 189 g/mol. The number of aromatic nitrogens is 3. The summed E-state index contributed by atoms with van der Waals surface area (Å²) in [5.41, 5.74) is 2.54. The molecule has 4 heteroatoms. The molecule has 1 N–H and O–H groups in total. The summed E-state index contributed by atoms with van der Waals surface area (Å²) >= 11 is 0. The number of nitrogens with zero attached hydrogens (tertiary/aromatic N) is 3. The molecule has 2 rings (SSSR count). The molecule has 0 aromatic carbocycles. The Labute approximate surface area is 81.8 Å². The molecule has 0 radical (unpaired) electrons. The summed E-state index contributed by atoms with van der Waals surface area (Å²) in [6.07, 6.45) is 5.26. The minimum Gasteiger partial charge on any atom is -0.392 e. The Hall–Kier alpha value is -1.68. The summed E-state index contributed by atoms with van der Waals surface area (Å²) < 4.78 is 1.69. The van der Waals surface area contributed by atoms with Gasteiger partial charge in [-0.2, -0.15) is 5.10 Å². The van der Waals surface area contributed by atoms with Crippen molar-refractivity contribution in [1.29, 1.82) is 0 Å². The molecule has 0 aliphatic carbocycles. The smallest absolute Gasteiger partial charge is 0.0993 e. The van der Waals surface area contributed by atoms with Gasteiger partial charge in [0.1, 0.15) is 0 Å². The molecule has 0 saturated carbocycles. The van der Waals surface area contributed by atoms with Crippen molar-refractivity contribution in [2.45, 2.75) is 6.61 Å². The molecule has 14 heavy (non-hydrogen) atoms. The number of pyridine rings is 1. The third-order valence-electron chi connectivity index (χ3n) is 2.01. The highest BCUT2D eigenvalue weighted by atomic mass is 16.3. The van der Waals surface area contributed by atoms with E-state index in [1.165, 1.54) is 0 Å². The lowest BCUT2D eigenvalue weighted by Gasteiger charge is -1.97. The van der Waals surface area contributed by atoms with E-state index in [-0.39, 0.29) is 6.61 Å². The van der Waals surface area contributed by atoms with Crippen LogP contribution in [0.4, 0.5) is 0 Å². The van der Waals surface area contributed by atoms with Crippen molar-refractivity contribution in [2.24, 2.45) is 7.05 Å². The first-order valence-electron chi connectivity index (χ1n) is 4.35. The zero-order chi connectivity index (χ0) is 9.97. The predicted molar refractivity (Wildman–Crippen MR) is 52.4 cm³/mol. The van der Waals surface area contributed by atoms with Gasteiger partial charge in [0.05, 0.1) is 12.3 Å². The molecule has 0 bridgehead atoms. The maximum atomic E-state index is 9.12. The molecular formula is C10H11N3O. The average molecular weight is 189 g/mol. The maximum absolute atomic E-state index is 9.12. The summed E-state index contributed by atoms with van der Waals surface area (Å²) in [6.45, 7) is -0.00192. The van der Waals surface area contributed by atoms with Gasteiger partial charge >= 0.3 is 0 Å². The number of hydrogen-bond acceptors (Lipinski definition) is 3. The standard InChI is InChI=1S/C10H11N3O/c1-13-6-9(7-14)10(12-13)8-3-2-4-11-5-8/h2-6,14H,7H2,1H3. The van der Waals surface area contributed by atoms with Crippen LogP contribution in [0.5, 0.6) is 0 Å². The van der Waals surface area contributed by atoms with Crippen LogP contribution in [0, 0.1) is 0 Å². The quantitative estimate of drug-likeness (QED) is 0.766. The van der Waals surface area contributed by atoms with E-state index < -0.39 is 0 Å². The lowest BCUT2D eigenvalue weighted by atomic mass is 10.1. The molecule has 2 aromatic heterocycles. The Morgan fingerprint density at radius 3 is 3.00 bits per heavy atom. The summed E-state index contributed by atoms with van der Waals surface area (Å²) in [5, 5.41) is 13.4. The zero-order valence-corrected chi connectivity index (χ0v) is 7.88. The van der Waals surface area contributed by atoms with Crippen LogP contribution >= 0.6 is 0 Å². The molecule has 0 saturated heterocycles. The fourth-order valence-electron chi connectivity index (χ4n) is 1.40. The molecule has 72 valence electrons. The number of aryl methyl sites for hydroxylation is 1. The van der Waals surface area contributed by atoms with E-state index in [2.05, 4.69) is 10.1 Å². The zero-order valence-electron chi connectivity index (χ0n) is 7.88. The number of aliphatic hydroxyl groups excluding tert-OH is 1. The fraction of sp³-hybridized carbons (Fsp3) is 0.200. The van der Waals surface area contributed by atoms with Crippen molar-refractivity contribution < 1.29 is 5.11 Å². The van der Waals surface area contributed by atoms with Gasteiger partial charge in [-0.15, -0.1) is 0 Å². The van der Waals surface area contributed by atoms with Crippen molar-refractivity contribution in [2.75, 3.05) is 0 Å². The molecule has 0 unspecified atom stereocenters. The van der Waals surface area contributed by atoms with Gasteiger partial charge in [-0.1, -0.05) is 0 Å². The highest BCUT2D eigenvalue weighted by molar-refractivity contribution is 5.61. The molecule has 4 nitrogen and oxygen atoms in total. The molecule has 0 aliphatic heterocycles. The molecule has 0 spiro atoms. The van der Waals surface area contributed by atoms with E-state index in [0.29, 0.717) is 0 Å². The summed E-state index contributed by atoms with van der Waals surface area (Å²) in [6, 6.07) is 3.78. The van der Waals surface area contributed by atoms with Gasteiger partial charge in [0.25, 0.3) is 0 Å². The predicted octanol–water partition coefficient (Wildman–Crippen LogP) is 0.974. The number of hydrogen-bond donors (Lipinski definition) is 1. The summed E-state index contributed by atoms with van der Waals surface area (Å²) in [5.74, 6) is 0. The van der Waals surface area contributed by atoms with E-state index in [0.717, 1.165) is 16.8 Å². The van der Waals surface area contributed by atoms with Crippen molar-refractivity contribution in [3.05, 3.63) is 36.3 Å². The molecule has 0 aliphatic rings. The Balaban J connectivity index is 2.51. The number of rotatable bonds is 2. The third-order valence-corrected chi connectivity index (χ3v) is 2.01. The van der Waals surface area contributed by atoms with Crippen LogP contribution in [-0.4, -0.2) is 19.9 Å². The maximum Gasteiger partial charge on any atom is 0.0993 e. The molecule has 2 heterocycles. The molecule has 0 atom stereocenters. The van der Waals surface area contributed by atoms with Crippen LogP contribution < -0.4 is 0 Å². The van der Waals surface area contributed by atoms with Crippen molar-refractivity contribution >= 4 is 0 Å². The van der Waals surface area contributed by atoms with Gasteiger partial charge in [0.2, 0.25) is 0 Å². The lowest BCUT2D eigenvalue weighted by molar-refractivity contribution is 0.282. The SMILES string of the molecule is Cn1cc(CO)c(-c2cccnc2)n1. The highest BCUT2D eigenvalue weighted by Crippen LogP contribution is 2.20. The van der Waals surface area contributed by atoms with Crippen LogP contribution in [0.1, 0.15) is 5.56 Å². The lowest BCUT2D eigenvalue weighted by Crippen LogP contribution is -1.88. The van der Waals surface area contributed by atoms with Gasteiger partial charge in [0.15, 0.2) is 0 Å². The van der Waals surface area contributed by atoms with Gasteiger partial charge < -0.3 is 5.11 Å². The second-order valence-electron chi connectivity index (χ2n) is 3.08. The Morgan fingerprint density at radius 2 is 2.36 bits per heavy atom. The fourth-order valence-corrected chi connectivity index (χ4v) is 1.40. The van der Waals surface area contributed by atoms with E-state index in [1.54, 1.807) is 17.1 Å². The van der Waals surface area contributed by atoms with Crippen LogP contribution in [0.15, 0.2) is 30.7 Å². The first-order valence-corrected chi connectivity index (χ1v) is 4.35. The minimum atomic E-state index is -0.00192. The Bertz CT molecular complexity index is 422. The van der Waals surface area contributed by atoms with E-state index >= 15 is 0 Å². The van der Waals surface area contributed by atoms with Crippen LogP contribution in [0.25, 0.3) is 11.3 Å². The van der Waals surface area contributed by atoms with E-state index in [4.69, 9.17) is 5.11 Å². The summed E-state index contributed by atoms with van der Waals surface area (Å²) in [4.78, 5) is 4.01. The molecule has 0 fully saturated rings. The van der Waals surface area contributed by atoms with Crippen molar-refractivity contribution in [3.8, 4) is 11.3 Å². The van der Waals surface area contributed by atoms with Crippen molar-refractivity contribution in [1.82, 2.24) is 14.8 Å². The first-order chi connectivity index (χ1) is 6.81. The van der Waals surface area contributed by atoms with Gasteiger partial charge in [-0.05, 0) is 12.1 Å². The third kappa shape index (κ3) is 1.52. The van der Waals surface area contributed by atoms with Gasteiger partial charge in [-0.3, -0.25) is 9.67 Å². The topological polar surface area (TPSA) is 50.9 Å². The second kappa shape index (κ2) is 3.59. The van der Waals surface area contributed by atoms with E-state index in [1.807, 2.05) is 25.4 Å². The minimum absolute atomic E-state index is 0.00192. The highest BCUT2D eigenvalue weighted by Gasteiger charge is 2.08.